The molecule has 2 fully saturated rings. The third-order valence-electron chi connectivity index (χ3n) is 6.54. The second kappa shape index (κ2) is 9.67. The van der Waals surface area contributed by atoms with Crippen LogP contribution in [0.1, 0.15) is 60.3 Å². The first kappa shape index (κ1) is 23.5. The van der Waals surface area contributed by atoms with E-state index in [2.05, 4.69) is 5.10 Å². The van der Waals surface area contributed by atoms with Crippen LogP contribution in [0.15, 0.2) is 30.3 Å². The fraction of sp³-hybridized carbons (Fsp3) is 0.542. The minimum absolute atomic E-state index is 0.00301. The van der Waals surface area contributed by atoms with Gasteiger partial charge in [-0.25, -0.2) is 17.9 Å². The molecule has 4 rings (SSSR count). The summed E-state index contributed by atoms with van der Waals surface area (Å²) in [6.07, 6.45) is 5.36. The molecule has 1 aliphatic heterocycles. The molecule has 0 N–H and O–H groups in total. The van der Waals surface area contributed by atoms with Gasteiger partial charge in [0.15, 0.2) is 16.4 Å². The largest absolute Gasteiger partial charge is 0.452 e. The number of nitrogens with zero attached hydrogens (tertiary/aromatic N) is 3. The van der Waals surface area contributed by atoms with Crippen LogP contribution in [0.5, 0.6) is 0 Å². The van der Waals surface area contributed by atoms with E-state index in [1.54, 1.807) is 33.8 Å². The molecule has 1 saturated heterocycles. The van der Waals surface area contributed by atoms with Gasteiger partial charge in [0.1, 0.15) is 0 Å². The number of benzene rings is 1. The molecular formula is C24H31N3O5S. The zero-order valence-electron chi connectivity index (χ0n) is 19.2. The number of carbonyl (C=O) groups is 2. The molecule has 9 heteroatoms. The van der Waals surface area contributed by atoms with Crippen LogP contribution in [0.4, 0.5) is 0 Å². The first-order valence-corrected chi connectivity index (χ1v) is 13.4. The van der Waals surface area contributed by atoms with Gasteiger partial charge in [0.05, 0.1) is 28.5 Å². The summed E-state index contributed by atoms with van der Waals surface area (Å²) in [5, 5.41) is 4.43. The van der Waals surface area contributed by atoms with Crippen LogP contribution < -0.4 is 0 Å². The highest BCUT2D eigenvalue weighted by molar-refractivity contribution is 7.91. The quantitative estimate of drug-likeness (QED) is 0.598. The monoisotopic (exact) mass is 473 g/mol. The SMILES string of the molecule is Cc1cc(C)n(-c2ccc(C(=O)OCC(=O)N(C3CCCCC3)C3CCS(=O)(=O)C3)cc2)n1. The van der Waals surface area contributed by atoms with Crippen molar-refractivity contribution in [2.45, 2.75) is 64.5 Å². The van der Waals surface area contributed by atoms with E-state index in [1.807, 2.05) is 19.9 Å². The van der Waals surface area contributed by atoms with Crippen molar-refractivity contribution in [3.05, 3.63) is 47.3 Å². The lowest BCUT2D eigenvalue weighted by Crippen LogP contribution is -2.50. The van der Waals surface area contributed by atoms with Crippen LogP contribution in [-0.4, -0.2) is 65.2 Å². The molecule has 1 atom stereocenters. The van der Waals surface area contributed by atoms with Crippen LogP contribution >= 0.6 is 0 Å². The average Bonchev–Trinajstić information content (AvgIpc) is 3.33. The molecule has 1 unspecified atom stereocenters. The molecule has 1 amide bonds. The lowest BCUT2D eigenvalue weighted by atomic mass is 9.93. The predicted molar refractivity (Wildman–Crippen MR) is 124 cm³/mol. The van der Waals surface area contributed by atoms with Gasteiger partial charge < -0.3 is 9.64 Å². The third-order valence-corrected chi connectivity index (χ3v) is 8.29. The molecule has 0 bridgehead atoms. The van der Waals surface area contributed by atoms with Crippen molar-refractivity contribution in [3.63, 3.8) is 0 Å². The molecule has 1 saturated carbocycles. The second-order valence-corrected chi connectivity index (χ2v) is 11.3. The van der Waals surface area contributed by atoms with E-state index < -0.39 is 15.8 Å². The number of amides is 1. The van der Waals surface area contributed by atoms with E-state index in [-0.39, 0.29) is 36.1 Å². The first-order valence-electron chi connectivity index (χ1n) is 11.6. The molecule has 2 aromatic rings. The smallest absolute Gasteiger partial charge is 0.338 e. The van der Waals surface area contributed by atoms with Crippen molar-refractivity contribution < 1.29 is 22.7 Å². The Balaban J connectivity index is 1.41. The van der Waals surface area contributed by atoms with Crippen molar-refractivity contribution in [2.24, 2.45) is 0 Å². The number of carbonyl (C=O) groups excluding carboxylic acids is 2. The lowest BCUT2D eigenvalue weighted by Gasteiger charge is -2.38. The van der Waals surface area contributed by atoms with Gasteiger partial charge in [-0.3, -0.25) is 4.79 Å². The van der Waals surface area contributed by atoms with E-state index in [9.17, 15) is 18.0 Å². The van der Waals surface area contributed by atoms with Gasteiger partial charge in [-0.05, 0) is 63.4 Å². The third kappa shape index (κ3) is 5.46. The maximum Gasteiger partial charge on any atom is 0.338 e. The molecule has 33 heavy (non-hydrogen) atoms. The van der Waals surface area contributed by atoms with Crippen LogP contribution in [0.2, 0.25) is 0 Å². The highest BCUT2D eigenvalue weighted by Gasteiger charge is 2.38. The molecule has 1 aromatic heterocycles. The molecule has 8 nitrogen and oxygen atoms in total. The Morgan fingerprint density at radius 3 is 2.33 bits per heavy atom. The number of esters is 1. The molecule has 2 heterocycles. The van der Waals surface area contributed by atoms with Crippen LogP contribution in [0.3, 0.4) is 0 Å². The van der Waals surface area contributed by atoms with Gasteiger partial charge in [-0.2, -0.15) is 5.10 Å². The second-order valence-electron chi connectivity index (χ2n) is 9.11. The average molecular weight is 474 g/mol. The predicted octanol–water partition coefficient (Wildman–Crippen LogP) is 2.99. The van der Waals surface area contributed by atoms with E-state index >= 15 is 0 Å². The minimum Gasteiger partial charge on any atom is -0.452 e. The Morgan fingerprint density at radius 2 is 1.76 bits per heavy atom. The fourth-order valence-electron chi connectivity index (χ4n) is 4.97. The molecule has 0 spiro atoms. The van der Waals surface area contributed by atoms with Crippen molar-refractivity contribution in [1.82, 2.24) is 14.7 Å². The highest BCUT2D eigenvalue weighted by atomic mass is 32.2. The minimum atomic E-state index is -3.12. The summed E-state index contributed by atoms with van der Waals surface area (Å²) < 4.78 is 31.2. The van der Waals surface area contributed by atoms with E-state index in [4.69, 9.17) is 4.74 Å². The zero-order valence-corrected chi connectivity index (χ0v) is 20.0. The summed E-state index contributed by atoms with van der Waals surface area (Å²) in [5.41, 5.74) is 3.08. The number of aryl methyl sites for hydroxylation is 2. The number of hydrogen-bond donors (Lipinski definition) is 0. The molecule has 0 radical (unpaired) electrons. The summed E-state index contributed by atoms with van der Waals surface area (Å²) in [6.45, 7) is 3.50. The summed E-state index contributed by atoms with van der Waals surface area (Å²) in [4.78, 5) is 27.4. The van der Waals surface area contributed by atoms with Gasteiger partial charge in [0.25, 0.3) is 5.91 Å². The number of hydrogen-bond acceptors (Lipinski definition) is 6. The standard InChI is InChI=1S/C24H31N3O5S/c1-17-14-18(2)27(25-17)21-10-8-19(9-11-21)24(29)32-15-23(28)26(20-6-4-3-5-7-20)22-12-13-33(30,31)16-22/h8-11,14,20,22H,3-7,12-13,15-16H2,1-2H3. The molecule has 1 aromatic carbocycles. The van der Waals surface area contributed by atoms with Crippen molar-refractivity contribution in [3.8, 4) is 5.69 Å². The van der Waals surface area contributed by atoms with Gasteiger partial charge in [0, 0.05) is 17.8 Å². The summed E-state index contributed by atoms with van der Waals surface area (Å²) in [6, 6.07) is 8.54. The Labute approximate surface area is 194 Å². The number of ether oxygens (including phenoxy) is 1. The van der Waals surface area contributed by atoms with Crippen molar-refractivity contribution >= 4 is 21.7 Å². The van der Waals surface area contributed by atoms with Gasteiger partial charge in [-0.1, -0.05) is 19.3 Å². The summed E-state index contributed by atoms with van der Waals surface area (Å²) in [5.74, 6) is -0.783. The Kier molecular flexibility index (Phi) is 6.88. The van der Waals surface area contributed by atoms with Crippen LogP contribution in [0, 0.1) is 13.8 Å². The number of aromatic nitrogens is 2. The van der Waals surface area contributed by atoms with Gasteiger partial charge >= 0.3 is 5.97 Å². The molecular weight excluding hydrogens is 442 g/mol. The Bertz CT molecular complexity index is 1120. The molecule has 1 aliphatic carbocycles. The Morgan fingerprint density at radius 1 is 1.06 bits per heavy atom. The first-order chi connectivity index (χ1) is 15.7. The van der Waals surface area contributed by atoms with Gasteiger partial charge in [-0.15, -0.1) is 0 Å². The van der Waals surface area contributed by atoms with E-state index in [0.717, 1.165) is 49.2 Å². The maximum atomic E-state index is 13.1. The number of sulfone groups is 1. The van der Waals surface area contributed by atoms with Gasteiger partial charge in [0.2, 0.25) is 0 Å². The maximum absolute atomic E-state index is 13.1. The van der Waals surface area contributed by atoms with E-state index in [0.29, 0.717) is 12.0 Å². The number of rotatable bonds is 6. The topological polar surface area (TPSA) is 98.6 Å². The van der Waals surface area contributed by atoms with Crippen molar-refractivity contribution in [1.29, 1.82) is 0 Å². The summed E-state index contributed by atoms with van der Waals surface area (Å²) >= 11 is 0. The Hall–Kier alpha value is -2.68. The van der Waals surface area contributed by atoms with E-state index in [1.165, 1.54) is 0 Å². The summed E-state index contributed by atoms with van der Waals surface area (Å²) in [7, 11) is -3.12. The normalized spacial score (nSPS) is 20.5. The van der Waals surface area contributed by atoms with Crippen molar-refractivity contribution in [2.75, 3.05) is 18.1 Å². The highest BCUT2D eigenvalue weighted by Crippen LogP contribution is 2.28. The zero-order chi connectivity index (χ0) is 23.6. The molecule has 2 aliphatic rings. The lowest BCUT2D eigenvalue weighted by molar-refractivity contribution is -0.140. The fourth-order valence-corrected chi connectivity index (χ4v) is 6.68. The van der Waals surface area contributed by atoms with Crippen LogP contribution in [-0.2, 0) is 19.4 Å². The molecule has 178 valence electrons. The van der Waals surface area contributed by atoms with Crippen LogP contribution in [0.25, 0.3) is 5.69 Å².